The number of rotatable bonds is 14. The maximum Gasteiger partial charge on any atom is 0.191 e. The van der Waals surface area contributed by atoms with Crippen LogP contribution in [0.2, 0.25) is 18.1 Å². The summed E-state index contributed by atoms with van der Waals surface area (Å²) in [6, 6.07) is 0. The lowest BCUT2D eigenvalue weighted by atomic mass is 10.1. The lowest BCUT2D eigenvalue weighted by Gasteiger charge is -2.36. The van der Waals surface area contributed by atoms with Crippen molar-refractivity contribution in [2.45, 2.75) is 122 Å². The van der Waals surface area contributed by atoms with Gasteiger partial charge in [-0.25, -0.2) is 0 Å². The smallest absolute Gasteiger partial charge is 0.191 e. The highest BCUT2D eigenvalue weighted by molar-refractivity contribution is 6.74. The first-order valence-corrected chi connectivity index (χ1v) is 14.6. The van der Waals surface area contributed by atoms with E-state index in [4.69, 9.17) is 4.43 Å². The normalized spacial score (nSPS) is 16.4. The van der Waals surface area contributed by atoms with E-state index in [2.05, 4.69) is 50.2 Å². The highest BCUT2D eigenvalue weighted by atomic mass is 28.4. The minimum atomic E-state index is -1.53. The van der Waals surface area contributed by atoms with Crippen molar-refractivity contribution in [2.24, 2.45) is 5.10 Å². The molecule has 0 N–H and O–H groups in total. The van der Waals surface area contributed by atoms with Gasteiger partial charge in [-0.15, -0.1) is 0 Å². The highest BCUT2D eigenvalue weighted by Gasteiger charge is 2.36. The number of hydrogen-bond donors (Lipinski definition) is 0. The van der Waals surface area contributed by atoms with E-state index < -0.39 is 8.32 Å². The zero-order valence-electron chi connectivity index (χ0n) is 19.2. The van der Waals surface area contributed by atoms with Crippen LogP contribution in [-0.2, 0) is 4.43 Å². The summed E-state index contributed by atoms with van der Waals surface area (Å²) in [5.41, 5.74) is 0. The van der Waals surface area contributed by atoms with Crippen molar-refractivity contribution < 1.29 is 4.43 Å². The van der Waals surface area contributed by atoms with Crippen LogP contribution in [0.15, 0.2) is 5.10 Å². The molecule has 0 saturated carbocycles. The molecule has 4 heteroatoms. The van der Waals surface area contributed by atoms with Crippen molar-refractivity contribution in [1.29, 1.82) is 0 Å². The largest absolute Gasteiger partial charge is 0.417 e. The molecule has 0 atom stereocenters. The van der Waals surface area contributed by atoms with Crippen molar-refractivity contribution in [3.8, 4) is 0 Å². The van der Waals surface area contributed by atoms with E-state index in [9.17, 15) is 0 Å². The van der Waals surface area contributed by atoms with Crippen LogP contribution in [0.4, 0.5) is 0 Å². The molecular formula is C23H48N2OSi. The van der Waals surface area contributed by atoms with E-state index in [0.29, 0.717) is 5.04 Å². The molecule has 27 heavy (non-hydrogen) atoms. The number of nitrogens with zero attached hydrogens (tertiary/aromatic N) is 2. The molecule has 0 amide bonds. The Labute approximate surface area is 171 Å². The van der Waals surface area contributed by atoms with Crippen LogP contribution in [0.3, 0.4) is 0 Å². The molecule has 1 aliphatic rings. The molecule has 0 aliphatic carbocycles. The molecule has 0 radical (unpaired) electrons. The summed E-state index contributed by atoms with van der Waals surface area (Å²) >= 11 is 0. The summed E-state index contributed by atoms with van der Waals surface area (Å²) in [6.07, 6.45) is 19.6. The number of unbranched alkanes of at least 4 members (excludes halogenated alkanes) is 9. The average Bonchev–Trinajstić information content (AvgIpc) is 2.62. The zero-order chi connectivity index (χ0) is 20.0. The zero-order valence-corrected chi connectivity index (χ0v) is 20.2. The maximum atomic E-state index is 6.25. The van der Waals surface area contributed by atoms with E-state index >= 15 is 0 Å². The van der Waals surface area contributed by atoms with Crippen LogP contribution < -0.4 is 0 Å². The fraction of sp³-hybridized carbons (Fsp3) is 0.957. The first-order chi connectivity index (χ1) is 12.8. The minimum Gasteiger partial charge on any atom is -0.417 e. The van der Waals surface area contributed by atoms with Gasteiger partial charge in [-0.1, -0.05) is 65.7 Å². The molecule has 3 nitrogen and oxygen atoms in total. The highest BCUT2D eigenvalue weighted by Crippen LogP contribution is 2.36. The number of hydrogen-bond acceptors (Lipinski definition) is 3. The lowest BCUT2D eigenvalue weighted by Crippen LogP contribution is -2.40. The minimum absolute atomic E-state index is 0.340. The summed E-state index contributed by atoms with van der Waals surface area (Å²) in [4.78, 5) is 0. The Morgan fingerprint density at radius 3 is 1.89 bits per heavy atom. The predicted octanol–water partition coefficient (Wildman–Crippen LogP) is 7.38. The second kappa shape index (κ2) is 13.8. The second-order valence-corrected chi connectivity index (χ2v) is 14.7. The van der Waals surface area contributed by atoms with Crippen LogP contribution in [0.1, 0.15) is 104 Å². The van der Waals surface area contributed by atoms with Crippen molar-refractivity contribution in [3.05, 3.63) is 0 Å². The SMILES string of the molecule is CC(C)(C)[Si](C)(C)OCCCCCCCCCCC/C=N/N1CCCCC1. The van der Waals surface area contributed by atoms with Gasteiger partial charge in [-0.05, 0) is 56.7 Å². The molecule has 0 bridgehead atoms. The Hall–Kier alpha value is -0.353. The fourth-order valence-electron chi connectivity index (χ4n) is 3.28. The lowest BCUT2D eigenvalue weighted by molar-refractivity contribution is 0.240. The van der Waals surface area contributed by atoms with Gasteiger partial charge in [0.2, 0.25) is 0 Å². The van der Waals surface area contributed by atoms with E-state index in [0.717, 1.165) is 13.0 Å². The van der Waals surface area contributed by atoms with Crippen LogP contribution in [0.25, 0.3) is 0 Å². The molecule has 0 unspecified atom stereocenters. The molecule has 1 aliphatic heterocycles. The van der Waals surface area contributed by atoms with Gasteiger partial charge in [0.25, 0.3) is 0 Å². The standard InChI is InChI=1S/C23H48N2OSi/c1-23(2,3)27(4,5)26-22-18-13-11-9-7-6-8-10-12-15-19-24-25-20-16-14-17-21-25/h19H,6-18,20-22H2,1-5H3/b24-19+. The van der Waals surface area contributed by atoms with Gasteiger partial charge in [0.1, 0.15) is 0 Å². The first-order valence-electron chi connectivity index (χ1n) is 11.7. The Morgan fingerprint density at radius 2 is 1.33 bits per heavy atom. The van der Waals surface area contributed by atoms with Crippen molar-refractivity contribution in [2.75, 3.05) is 19.7 Å². The van der Waals surface area contributed by atoms with E-state index in [-0.39, 0.29) is 0 Å². The van der Waals surface area contributed by atoms with Gasteiger partial charge in [0.15, 0.2) is 8.32 Å². The number of piperidine rings is 1. The van der Waals surface area contributed by atoms with Gasteiger partial charge >= 0.3 is 0 Å². The van der Waals surface area contributed by atoms with Crippen LogP contribution in [0.5, 0.6) is 0 Å². The summed E-state index contributed by atoms with van der Waals surface area (Å²) < 4.78 is 6.25. The first kappa shape index (κ1) is 24.7. The molecule has 160 valence electrons. The van der Waals surface area contributed by atoms with Crippen molar-refractivity contribution in [1.82, 2.24) is 5.01 Å². The Balaban J connectivity index is 1.82. The average molecular weight is 397 g/mol. The van der Waals surface area contributed by atoms with Crippen molar-refractivity contribution >= 4 is 14.5 Å². The van der Waals surface area contributed by atoms with Gasteiger partial charge in [0.05, 0.1) is 0 Å². The van der Waals surface area contributed by atoms with Gasteiger partial charge in [-0.3, -0.25) is 5.01 Å². The quantitative estimate of drug-likeness (QED) is 0.174. The molecule has 1 rings (SSSR count). The van der Waals surface area contributed by atoms with Crippen LogP contribution >= 0.6 is 0 Å². The third kappa shape index (κ3) is 11.9. The van der Waals surface area contributed by atoms with Crippen molar-refractivity contribution in [3.63, 3.8) is 0 Å². The molecule has 1 heterocycles. The number of hydrazone groups is 1. The van der Waals surface area contributed by atoms with Gasteiger partial charge in [-0.2, -0.15) is 5.10 Å². The monoisotopic (exact) mass is 396 g/mol. The predicted molar refractivity (Wildman–Crippen MR) is 123 cm³/mol. The molecule has 0 aromatic carbocycles. The second-order valence-electron chi connectivity index (χ2n) is 9.89. The molecule has 0 aromatic heterocycles. The summed E-state index contributed by atoms with van der Waals surface area (Å²) in [7, 11) is -1.53. The topological polar surface area (TPSA) is 24.8 Å². The van der Waals surface area contributed by atoms with Crippen LogP contribution in [0, 0.1) is 0 Å². The van der Waals surface area contributed by atoms with Gasteiger partial charge < -0.3 is 4.43 Å². The molecular weight excluding hydrogens is 348 g/mol. The summed E-state index contributed by atoms with van der Waals surface area (Å²) in [5, 5.41) is 7.19. The molecule has 0 aromatic rings. The van der Waals surface area contributed by atoms with E-state index in [1.165, 1.54) is 90.1 Å². The third-order valence-electron chi connectivity index (χ3n) is 6.32. The molecule has 1 fully saturated rings. The third-order valence-corrected chi connectivity index (χ3v) is 10.9. The van der Waals surface area contributed by atoms with E-state index in [1.54, 1.807) is 0 Å². The van der Waals surface area contributed by atoms with Gasteiger partial charge in [0, 0.05) is 25.9 Å². The maximum absolute atomic E-state index is 6.25. The molecule has 1 saturated heterocycles. The summed E-state index contributed by atoms with van der Waals surface area (Å²) in [6.45, 7) is 15.0. The Kier molecular flexibility index (Phi) is 12.6. The Morgan fingerprint density at radius 1 is 0.815 bits per heavy atom. The fourth-order valence-corrected chi connectivity index (χ4v) is 4.37. The summed E-state index contributed by atoms with van der Waals surface area (Å²) in [5.74, 6) is 0. The molecule has 0 spiro atoms. The Bertz CT molecular complexity index is 384. The van der Waals surface area contributed by atoms with Crippen LogP contribution in [-0.4, -0.2) is 39.2 Å². The van der Waals surface area contributed by atoms with E-state index in [1.807, 2.05) is 0 Å².